The van der Waals surface area contributed by atoms with Gasteiger partial charge < -0.3 is 24.5 Å². The van der Waals surface area contributed by atoms with Crippen molar-refractivity contribution in [1.82, 2.24) is 5.32 Å². The SMILES string of the molecule is CC1(C)OB(C(=Cc2ccc3cc(C(=O)O)ccc3c2)CNC(=O)OCC2c3ccccc3-c3ccccc32)OC1(C)C. The van der Waals surface area contributed by atoms with E-state index >= 15 is 0 Å². The van der Waals surface area contributed by atoms with Crippen molar-refractivity contribution < 1.29 is 28.7 Å². The molecule has 4 aromatic carbocycles. The monoisotopic (exact) mass is 575 g/mol. The van der Waals surface area contributed by atoms with E-state index in [0.29, 0.717) is 0 Å². The fourth-order valence-electron chi connectivity index (χ4n) is 5.72. The fraction of sp³-hybridized carbons (Fsp3) is 0.257. The number of rotatable bonds is 7. The van der Waals surface area contributed by atoms with E-state index < -0.39 is 30.4 Å². The largest absolute Gasteiger partial charge is 0.492 e. The van der Waals surface area contributed by atoms with E-state index in [4.69, 9.17) is 14.0 Å². The zero-order valence-electron chi connectivity index (χ0n) is 24.7. The summed E-state index contributed by atoms with van der Waals surface area (Å²) in [5, 5.41) is 14.0. The second-order valence-corrected chi connectivity index (χ2v) is 12.1. The molecule has 1 saturated heterocycles. The highest BCUT2D eigenvalue weighted by atomic mass is 16.7. The van der Waals surface area contributed by atoms with Gasteiger partial charge in [0.2, 0.25) is 0 Å². The van der Waals surface area contributed by atoms with E-state index in [-0.39, 0.29) is 24.6 Å². The average Bonchev–Trinajstić information content (AvgIpc) is 3.42. The number of carboxylic acids is 1. The zero-order valence-corrected chi connectivity index (χ0v) is 24.7. The first-order valence-corrected chi connectivity index (χ1v) is 14.4. The van der Waals surface area contributed by atoms with Crippen molar-refractivity contribution in [2.24, 2.45) is 0 Å². The Morgan fingerprint density at radius 3 is 2.07 bits per heavy atom. The molecule has 4 aromatic rings. The van der Waals surface area contributed by atoms with E-state index in [9.17, 15) is 14.7 Å². The summed E-state index contributed by atoms with van der Waals surface area (Å²) in [4.78, 5) is 24.4. The first-order chi connectivity index (χ1) is 20.5. The lowest BCUT2D eigenvalue weighted by atomic mass is 9.77. The number of benzene rings is 4. The molecule has 2 N–H and O–H groups in total. The number of aromatic carboxylic acids is 1. The maximum atomic E-state index is 13.0. The van der Waals surface area contributed by atoms with Gasteiger partial charge in [-0.1, -0.05) is 72.8 Å². The fourth-order valence-corrected chi connectivity index (χ4v) is 5.72. The predicted octanol–water partition coefficient (Wildman–Crippen LogP) is 7.09. The van der Waals surface area contributed by atoms with Gasteiger partial charge in [0.05, 0.1) is 16.8 Å². The minimum atomic E-state index is -0.965. The molecule has 1 aliphatic heterocycles. The molecule has 1 amide bonds. The Bertz CT molecular complexity index is 1700. The molecule has 43 heavy (non-hydrogen) atoms. The lowest BCUT2D eigenvalue weighted by Gasteiger charge is -2.32. The lowest BCUT2D eigenvalue weighted by Crippen LogP contribution is -2.41. The van der Waals surface area contributed by atoms with E-state index in [1.165, 1.54) is 11.1 Å². The molecule has 8 heteroatoms. The number of carbonyl (C=O) groups excluding carboxylic acids is 1. The molecule has 0 aromatic heterocycles. The Hall–Kier alpha value is -4.40. The average molecular weight is 575 g/mol. The molecule has 2 aliphatic rings. The smallest absolute Gasteiger partial charge is 0.478 e. The van der Waals surface area contributed by atoms with Crippen LogP contribution in [0.3, 0.4) is 0 Å². The van der Waals surface area contributed by atoms with Crippen molar-refractivity contribution in [3.05, 3.63) is 113 Å². The summed E-state index contributed by atoms with van der Waals surface area (Å²) in [6.07, 6.45) is 1.42. The van der Waals surface area contributed by atoms with Crippen molar-refractivity contribution in [1.29, 1.82) is 0 Å². The number of carboxylic acid groups (broad SMARTS) is 1. The Labute approximate surface area is 251 Å². The van der Waals surface area contributed by atoms with Crippen LogP contribution in [0.5, 0.6) is 0 Å². The van der Waals surface area contributed by atoms with Crippen LogP contribution >= 0.6 is 0 Å². The molecular formula is C35H34BNO6. The molecule has 1 heterocycles. The normalized spacial score (nSPS) is 17.0. The molecule has 218 valence electrons. The van der Waals surface area contributed by atoms with Gasteiger partial charge in [-0.15, -0.1) is 0 Å². The van der Waals surface area contributed by atoms with Crippen LogP contribution in [-0.2, 0) is 14.0 Å². The van der Waals surface area contributed by atoms with Gasteiger partial charge in [-0.3, -0.25) is 0 Å². The summed E-state index contributed by atoms with van der Waals surface area (Å²) in [7, 11) is -0.677. The van der Waals surface area contributed by atoms with Crippen molar-refractivity contribution in [2.75, 3.05) is 13.2 Å². The van der Waals surface area contributed by atoms with Crippen LogP contribution in [0.1, 0.15) is 60.7 Å². The number of nitrogens with one attached hydrogen (secondary N) is 1. The molecule has 0 spiro atoms. The third-order valence-corrected chi connectivity index (χ3v) is 8.80. The van der Waals surface area contributed by atoms with Gasteiger partial charge in [-0.25, -0.2) is 9.59 Å². The van der Waals surface area contributed by atoms with Gasteiger partial charge in [0.25, 0.3) is 0 Å². The maximum Gasteiger partial charge on any atom is 0.492 e. The Morgan fingerprint density at radius 2 is 1.44 bits per heavy atom. The lowest BCUT2D eigenvalue weighted by molar-refractivity contribution is 0.00578. The Kier molecular flexibility index (Phi) is 7.36. The number of alkyl carbamates (subject to hydrolysis) is 1. The van der Waals surface area contributed by atoms with E-state index in [2.05, 4.69) is 29.6 Å². The summed E-state index contributed by atoms with van der Waals surface area (Å²) in [6.45, 7) is 8.32. The first-order valence-electron chi connectivity index (χ1n) is 14.4. The van der Waals surface area contributed by atoms with Crippen LogP contribution < -0.4 is 5.32 Å². The molecule has 6 rings (SSSR count). The van der Waals surface area contributed by atoms with Gasteiger partial charge in [-0.2, -0.15) is 0 Å². The summed E-state index contributed by atoms with van der Waals surface area (Å²) >= 11 is 0. The third-order valence-electron chi connectivity index (χ3n) is 8.80. The van der Waals surface area contributed by atoms with Crippen molar-refractivity contribution in [3.63, 3.8) is 0 Å². The maximum absolute atomic E-state index is 13.0. The highest BCUT2D eigenvalue weighted by Gasteiger charge is 2.52. The Balaban J connectivity index is 1.20. The molecule has 0 atom stereocenters. The highest BCUT2D eigenvalue weighted by Crippen LogP contribution is 2.44. The number of hydrogen-bond donors (Lipinski definition) is 2. The summed E-state index contributed by atoms with van der Waals surface area (Å²) in [5.41, 5.74) is 5.38. The summed E-state index contributed by atoms with van der Waals surface area (Å²) < 4.78 is 18.4. The third kappa shape index (κ3) is 5.56. The van der Waals surface area contributed by atoms with Crippen LogP contribution in [0, 0.1) is 0 Å². The molecule has 7 nitrogen and oxygen atoms in total. The second-order valence-electron chi connectivity index (χ2n) is 12.1. The predicted molar refractivity (Wildman–Crippen MR) is 168 cm³/mol. The van der Waals surface area contributed by atoms with Crippen LogP contribution in [0.4, 0.5) is 4.79 Å². The second kappa shape index (κ2) is 11.0. The molecule has 1 aliphatic carbocycles. The minimum Gasteiger partial charge on any atom is -0.478 e. The van der Waals surface area contributed by atoms with Gasteiger partial charge in [0, 0.05) is 12.5 Å². The standard InChI is InChI=1S/C35H34BNO6/c1-34(2)35(3,4)43-36(42-34)26(18-22-13-14-24-19-25(32(38)39)16-15-23(24)17-22)20-37-33(40)41-21-31-29-11-7-5-9-27(29)28-10-6-8-12-30(28)31/h5-19,31H,20-21H2,1-4H3,(H,37,40)(H,38,39). The van der Waals surface area contributed by atoms with E-state index in [1.807, 2.05) is 76.2 Å². The number of carbonyl (C=O) groups is 2. The number of hydrogen-bond acceptors (Lipinski definition) is 5. The number of ether oxygens (including phenoxy) is 1. The van der Waals surface area contributed by atoms with Gasteiger partial charge in [0.1, 0.15) is 6.61 Å². The molecular weight excluding hydrogens is 541 g/mol. The van der Waals surface area contributed by atoms with Crippen LogP contribution in [0.15, 0.2) is 90.4 Å². The van der Waals surface area contributed by atoms with Crippen molar-refractivity contribution in [2.45, 2.75) is 44.8 Å². The minimum absolute atomic E-state index is 0.0319. The van der Waals surface area contributed by atoms with E-state index in [0.717, 1.165) is 32.9 Å². The summed E-state index contributed by atoms with van der Waals surface area (Å²) in [5.74, 6) is -0.997. The first kappa shape index (κ1) is 28.7. The van der Waals surface area contributed by atoms with Crippen LogP contribution in [0.25, 0.3) is 28.0 Å². The molecule has 0 radical (unpaired) electrons. The molecule has 1 fully saturated rings. The molecule has 0 unspecified atom stereocenters. The van der Waals surface area contributed by atoms with Gasteiger partial charge in [-0.05, 0) is 90.0 Å². The Morgan fingerprint density at radius 1 is 0.860 bits per heavy atom. The quantitative estimate of drug-likeness (QED) is 0.229. The van der Waals surface area contributed by atoms with Crippen LogP contribution in [0.2, 0.25) is 0 Å². The van der Waals surface area contributed by atoms with E-state index in [1.54, 1.807) is 18.2 Å². The van der Waals surface area contributed by atoms with Crippen LogP contribution in [-0.4, -0.2) is 48.6 Å². The van der Waals surface area contributed by atoms with Crippen molar-refractivity contribution >= 4 is 36.0 Å². The molecule has 0 bridgehead atoms. The van der Waals surface area contributed by atoms with Gasteiger partial charge >= 0.3 is 19.2 Å². The molecule has 0 saturated carbocycles. The number of amides is 1. The number of fused-ring (bicyclic) bond motifs is 4. The zero-order chi connectivity index (χ0) is 30.4. The van der Waals surface area contributed by atoms with Crippen molar-refractivity contribution in [3.8, 4) is 11.1 Å². The summed E-state index contributed by atoms with van der Waals surface area (Å²) in [6, 6.07) is 27.3. The highest BCUT2D eigenvalue weighted by molar-refractivity contribution is 6.56. The topological polar surface area (TPSA) is 94.1 Å². The van der Waals surface area contributed by atoms with Gasteiger partial charge in [0.15, 0.2) is 0 Å².